The molecule has 96 valence electrons. The van der Waals surface area contributed by atoms with Gasteiger partial charge in [-0.05, 0) is 23.0 Å². The van der Waals surface area contributed by atoms with E-state index in [1.165, 1.54) is 4.88 Å². The Labute approximate surface area is 119 Å². The van der Waals surface area contributed by atoms with Crippen LogP contribution < -0.4 is 5.32 Å². The van der Waals surface area contributed by atoms with Crippen molar-refractivity contribution < 1.29 is 0 Å². The van der Waals surface area contributed by atoms with Crippen LogP contribution in [0.4, 0.5) is 5.82 Å². The standard InChI is InChI=1S/C11H12Cl2N4S/c1-11(2,7-4-3-5-18-7)6-14-9-8(12)16-17-10(13)15-9/h3-5H,6H2,1-2H3,(H,14,15,17). The topological polar surface area (TPSA) is 50.7 Å². The molecule has 0 aromatic carbocycles. The van der Waals surface area contributed by atoms with E-state index < -0.39 is 0 Å². The van der Waals surface area contributed by atoms with E-state index in [2.05, 4.69) is 45.8 Å². The van der Waals surface area contributed by atoms with E-state index >= 15 is 0 Å². The summed E-state index contributed by atoms with van der Waals surface area (Å²) >= 11 is 13.3. The number of anilines is 1. The van der Waals surface area contributed by atoms with E-state index in [0.29, 0.717) is 12.4 Å². The Kier molecular flexibility index (Phi) is 4.04. The Balaban J connectivity index is 2.09. The summed E-state index contributed by atoms with van der Waals surface area (Å²) in [4.78, 5) is 5.30. The Hall–Kier alpha value is -0.910. The van der Waals surface area contributed by atoms with Crippen LogP contribution >= 0.6 is 34.5 Å². The molecule has 4 nitrogen and oxygen atoms in total. The van der Waals surface area contributed by atoms with Gasteiger partial charge in [0.15, 0.2) is 11.0 Å². The average Bonchev–Trinajstić information content (AvgIpc) is 2.85. The fourth-order valence-electron chi connectivity index (χ4n) is 1.46. The van der Waals surface area contributed by atoms with Gasteiger partial charge in [0.2, 0.25) is 5.28 Å². The largest absolute Gasteiger partial charge is 0.366 e. The van der Waals surface area contributed by atoms with E-state index in [1.807, 2.05) is 6.07 Å². The second kappa shape index (κ2) is 5.38. The zero-order chi connectivity index (χ0) is 13.2. The van der Waals surface area contributed by atoms with Crippen LogP contribution in [0.2, 0.25) is 10.4 Å². The molecule has 0 bridgehead atoms. The maximum Gasteiger partial charge on any atom is 0.245 e. The predicted octanol–water partition coefficient (Wildman–Crippen LogP) is 3.63. The highest BCUT2D eigenvalue weighted by Gasteiger charge is 2.22. The van der Waals surface area contributed by atoms with Gasteiger partial charge in [0.1, 0.15) is 0 Å². The van der Waals surface area contributed by atoms with Crippen molar-refractivity contribution in [3.63, 3.8) is 0 Å². The number of rotatable bonds is 4. The van der Waals surface area contributed by atoms with Gasteiger partial charge >= 0.3 is 0 Å². The first-order valence-corrected chi connectivity index (χ1v) is 6.96. The Bertz CT molecular complexity index is 528. The number of hydrogen-bond acceptors (Lipinski definition) is 5. The molecule has 0 fully saturated rings. The minimum atomic E-state index is -0.0189. The summed E-state index contributed by atoms with van der Waals surface area (Å²) in [5.74, 6) is 0.460. The number of thiophene rings is 1. The van der Waals surface area contributed by atoms with Crippen LogP contribution in [0.15, 0.2) is 17.5 Å². The van der Waals surface area contributed by atoms with Gasteiger partial charge in [-0.15, -0.1) is 21.5 Å². The molecule has 0 radical (unpaired) electrons. The molecule has 2 aromatic rings. The van der Waals surface area contributed by atoms with Crippen LogP contribution in [-0.4, -0.2) is 21.7 Å². The van der Waals surface area contributed by atoms with E-state index in [4.69, 9.17) is 23.2 Å². The van der Waals surface area contributed by atoms with Crippen molar-refractivity contribution in [3.05, 3.63) is 32.8 Å². The summed E-state index contributed by atoms with van der Waals surface area (Å²) in [6, 6.07) is 4.15. The van der Waals surface area contributed by atoms with Gasteiger partial charge in [0, 0.05) is 16.8 Å². The van der Waals surface area contributed by atoms with E-state index in [0.717, 1.165) is 0 Å². The fourth-order valence-corrected chi connectivity index (χ4v) is 2.58. The summed E-state index contributed by atoms with van der Waals surface area (Å²) in [5, 5.41) is 12.8. The minimum absolute atomic E-state index is 0.0189. The maximum atomic E-state index is 5.90. The van der Waals surface area contributed by atoms with Crippen LogP contribution in [0.5, 0.6) is 0 Å². The van der Waals surface area contributed by atoms with Crippen molar-refractivity contribution in [3.8, 4) is 0 Å². The van der Waals surface area contributed by atoms with Crippen molar-refractivity contribution in [2.24, 2.45) is 0 Å². The molecule has 0 aliphatic carbocycles. The van der Waals surface area contributed by atoms with Crippen LogP contribution in [-0.2, 0) is 5.41 Å². The molecule has 0 aliphatic heterocycles. The zero-order valence-electron chi connectivity index (χ0n) is 9.94. The Morgan fingerprint density at radius 1 is 1.33 bits per heavy atom. The lowest BCUT2D eigenvalue weighted by molar-refractivity contribution is 0.568. The number of halogens is 2. The molecule has 0 spiro atoms. The molecule has 7 heteroatoms. The highest BCUT2D eigenvalue weighted by atomic mass is 35.5. The van der Waals surface area contributed by atoms with Gasteiger partial charge in [-0.25, -0.2) is 0 Å². The van der Waals surface area contributed by atoms with E-state index in [-0.39, 0.29) is 15.9 Å². The normalized spacial score (nSPS) is 11.6. The lowest BCUT2D eigenvalue weighted by Crippen LogP contribution is -2.27. The summed E-state index contributed by atoms with van der Waals surface area (Å²) in [6.45, 7) is 4.98. The molecular formula is C11H12Cl2N4S. The number of nitrogens with zero attached hydrogens (tertiary/aromatic N) is 3. The minimum Gasteiger partial charge on any atom is -0.366 e. The summed E-state index contributed by atoms with van der Waals surface area (Å²) < 4.78 is 0. The maximum absolute atomic E-state index is 5.90. The quantitative estimate of drug-likeness (QED) is 0.937. The van der Waals surface area contributed by atoms with Crippen molar-refractivity contribution in [1.29, 1.82) is 0 Å². The number of hydrogen-bond donors (Lipinski definition) is 1. The smallest absolute Gasteiger partial charge is 0.245 e. The number of aromatic nitrogens is 3. The second-order valence-electron chi connectivity index (χ2n) is 4.43. The van der Waals surface area contributed by atoms with Crippen LogP contribution in [0.3, 0.4) is 0 Å². The fraction of sp³-hybridized carbons (Fsp3) is 0.364. The molecule has 0 aliphatic rings. The SMILES string of the molecule is CC(C)(CNc1nc(Cl)nnc1Cl)c1cccs1. The van der Waals surface area contributed by atoms with Crippen LogP contribution in [0, 0.1) is 0 Å². The van der Waals surface area contributed by atoms with Gasteiger partial charge in [-0.3, -0.25) is 0 Å². The van der Waals surface area contributed by atoms with Crippen molar-refractivity contribution in [2.75, 3.05) is 11.9 Å². The van der Waals surface area contributed by atoms with Crippen LogP contribution in [0.25, 0.3) is 0 Å². The van der Waals surface area contributed by atoms with Crippen molar-refractivity contribution in [2.45, 2.75) is 19.3 Å². The summed E-state index contributed by atoms with van der Waals surface area (Å²) in [6.07, 6.45) is 0. The molecule has 0 saturated carbocycles. The molecule has 0 unspecified atom stereocenters. The third-order valence-corrected chi connectivity index (χ3v) is 4.16. The lowest BCUT2D eigenvalue weighted by Gasteiger charge is -2.24. The highest BCUT2D eigenvalue weighted by Crippen LogP contribution is 2.28. The first-order valence-electron chi connectivity index (χ1n) is 5.32. The molecular weight excluding hydrogens is 291 g/mol. The summed E-state index contributed by atoms with van der Waals surface area (Å²) in [5.41, 5.74) is -0.0189. The van der Waals surface area contributed by atoms with Gasteiger partial charge in [-0.1, -0.05) is 31.5 Å². The Morgan fingerprint density at radius 3 is 2.78 bits per heavy atom. The monoisotopic (exact) mass is 302 g/mol. The molecule has 1 N–H and O–H groups in total. The lowest BCUT2D eigenvalue weighted by atomic mass is 9.91. The molecule has 0 atom stereocenters. The highest BCUT2D eigenvalue weighted by molar-refractivity contribution is 7.10. The third-order valence-electron chi connectivity index (χ3n) is 2.51. The van der Waals surface area contributed by atoms with Gasteiger partial charge < -0.3 is 5.32 Å². The van der Waals surface area contributed by atoms with E-state index in [9.17, 15) is 0 Å². The molecule has 18 heavy (non-hydrogen) atoms. The first-order chi connectivity index (χ1) is 8.49. The average molecular weight is 303 g/mol. The van der Waals surface area contributed by atoms with Crippen molar-refractivity contribution in [1.82, 2.24) is 15.2 Å². The van der Waals surface area contributed by atoms with Crippen molar-refractivity contribution >= 4 is 40.4 Å². The molecule has 2 aromatic heterocycles. The molecule has 2 rings (SSSR count). The molecule has 0 saturated heterocycles. The first kappa shape index (κ1) is 13.5. The van der Waals surface area contributed by atoms with Gasteiger partial charge in [0.25, 0.3) is 0 Å². The second-order valence-corrected chi connectivity index (χ2v) is 6.08. The molecule has 2 heterocycles. The van der Waals surface area contributed by atoms with E-state index in [1.54, 1.807) is 11.3 Å². The predicted molar refractivity (Wildman–Crippen MR) is 75.7 cm³/mol. The summed E-state index contributed by atoms with van der Waals surface area (Å²) in [7, 11) is 0. The van der Waals surface area contributed by atoms with Gasteiger partial charge in [0.05, 0.1) is 0 Å². The zero-order valence-corrected chi connectivity index (χ0v) is 12.3. The van der Waals surface area contributed by atoms with Crippen LogP contribution in [0.1, 0.15) is 18.7 Å². The Morgan fingerprint density at radius 2 is 2.11 bits per heavy atom. The van der Waals surface area contributed by atoms with Gasteiger partial charge in [-0.2, -0.15) is 4.98 Å². The molecule has 0 amide bonds. The third kappa shape index (κ3) is 3.10. The number of nitrogens with one attached hydrogen (secondary N) is 1.